The van der Waals surface area contributed by atoms with Gasteiger partial charge < -0.3 is 9.64 Å². The highest BCUT2D eigenvalue weighted by Gasteiger charge is 2.30. The number of benzene rings is 2. The standard InChI is InChI=1S/C31H33ClN2O2S/c1-4-36-27-15-14-22(23-16-20(2)33-21(3)17-23)18-24(27)19-34(25-10-6-5-7-11-25)31(35)30-29(32)26-12-8-9-13-28(26)37-30/h8-9,12-18,25H,4-7,10-11,19H2,1-3H3. The Morgan fingerprint density at radius 3 is 2.46 bits per heavy atom. The van der Waals surface area contributed by atoms with E-state index in [-0.39, 0.29) is 11.9 Å². The van der Waals surface area contributed by atoms with E-state index in [1.54, 1.807) is 0 Å². The minimum absolute atomic E-state index is 0.0153. The molecular formula is C31H33ClN2O2S. The highest BCUT2D eigenvalue weighted by molar-refractivity contribution is 7.21. The van der Waals surface area contributed by atoms with Crippen molar-refractivity contribution in [1.82, 2.24) is 9.88 Å². The van der Waals surface area contributed by atoms with Crippen LogP contribution in [0.25, 0.3) is 21.2 Å². The molecule has 1 aliphatic carbocycles. The quantitative estimate of drug-likeness (QED) is 0.239. The summed E-state index contributed by atoms with van der Waals surface area (Å²) in [6, 6.07) is 18.7. The Labute approximate surface area is 228 Å². The number of thiophene rings is 1. The van der Waals surface area contributed by atoms with Crippen LogP contribution in [0.2, 0.25) is 5.02 Å². The molecule has 0 radical (unpaired) electrons. The first-order valence-electron chi connectivity index (χ1n) is 13.1. The molecular weight excluding hydrogens is 500 g/mol. The average Bonchev–Trinajstić information content (AvgIpc) is 3.24. The van der Waals surface area contributed by atoms with Gasteiger partial charge in [-0.1, -0.05) is 55.1 Å². The van der Waals surface area contributed by atoms with Crippen molar-refractivity contribution < 1.29 is 9.53 Å². The number of nitrogens with zero attached hydrogens (tertiary/aromatic N) is 2. The summed E-state index contributed by atoms with van der Waals surface area (Å²) in [6.45, 7) is 7.09. The Morgan fingerprint density at radius 1 is 1.03 bits per heavy atom. The summed E-state index contributed by atoms with van der Waals surface area (Å²) in [5.74, 6) is 0.839. The minimum Gasteiger partial charge on any atom is -0.494 e. The zero-order valence-corrected chi connectivity index (χ0v) is 23.3. The van der Waals surface area contributed by atoms with E-state index < -0.39 is 0 Å². The Balaban J connectivity index is 1.56. The van der Waals surface area contributed by atoms with Crippen LogP contribution in [0.15, 0.2) is 54.6 Å². The van der Waals surface area contributed by atoms with Gasteiger partial charge in [-0.25, -0.2) is 0 Å². The molecule has 1 amide bonds. The molecule has 0 bridgehead atoms. The van der Waals surface area contributed by atoms with Gasteiger partial charge in [-0.3, -0.25) is 9.78 Å². The molecule has 1 fully saturated rings. The van der Waals surface area contributed by atoms with Crippen LogP contribution in [0, 0.1) is 13.8 Å². The fraction of sp³-hybridized carbons (Fsp3) is 0.355. The first-order valence-corrected chi connectivity index (χ1v) is 14.3. The molecule has 37 heavy (non-hydrogen) atoms. The van der Waals surface area contributed by atoms with Crippen LogP contribution >= 0.6 is 22.9 Å². The molecule has 2 heterocycles. The lowest BCUT2D eigenvalue weighted by Gasteiger charge is -2.35. The van der Waals surface area contributed by atoms with E-state index in [2.05, 4.69) is 34.1 Å². The number of aryl methyl sites for hydroxylation is 2. The van der Waals surface area contributed by atoms with Gasteiger partial charge in [0.1, 0.15) is 10.6 Å². The van der Waals surface area contributed by atoms with Crippen LogP contribution in [-0.2, 0) is 6.54 Å². The van der Waals surface area contributed by atoms with E-state index in [0.717, 1.165) is 69.6 Å². The number of rotatable bonds is 7. The third kappa shape index (κ3) is 5.53. The lowest BCUT2D eigenvalue weighted by Crippen LogP contribution is -2.40. The minimum atomic E-state index is 0.0153. The summed E-state index contributed by atoms with van der Waals surface area (Å²) in [5.41, 5.74) is 5.22. The molecule has 6 heteroatoms. The second kappa shape index (κ2) is 11.2. The van der Waals surface area contributed by atoms with Crippen molar-refractivity contribution in [2.45, 2.75) is 65.5 Å². The van der Waals surface area contributed by atoms with Crippen molar-refractivity contribution in [3.63, 3.8) is 0 Å². The van der Waals surface area contributed by atoms with Crippen LogP contribution in [0.1, 0.15) is 65.7 Å². The van der Waals surface area contributed by atoms with Gasteiger partial charge in [0.05, 0.1) is 11.6 Å². The first kappa shape index (κ1) is 25.7. The second-order valence-electron chi connectivity index (χ2n) is 9.86. The predicted molar refractivity (Wildman–Crippen MR) is 154 cm³/mol. The van der Waals surface area contributed by atoms with Gasteiger partial charge in [0.25, 0.3) is 5.91 Å². The van der Waals surface area contributed by atoms with Crippen molar-refractivity contribution in [3.05, 3.63) is 81.4 Å². The molecule has 5 rings (SSSR count). The summed E-state index contributed by atoms with van der Waals surface area (Å²) in [4.78, 5) is 21.4. The molecule has 0 unspecified atom stereocenters. The summed E-state index contributed by atoms with van der Waals surface area (Å²) in [5, 5.41) is 1.51. The van der Waals surface area contributed by atoms with Gasteiger partial charge in [0.15, 0.2) is 0 Å². The van der Waals surface area contributed by atoms with Gasteiger partial charge in [-0.15, -0.1) is 11.3 Å². The number of aromatic nitrogens is 1. The summed E-state index contributed by atoms with van der Waals surface area (Å²) in [7, 11) is 0. The first-order chi connectivity index (χ1) is 17.9. The van der Waals surface area contributed by atoms with Crippen LogP contribution in [0.3, 0.4) is 0 Å². The maximum atomic E-state index is 14.2. The van der Waals surface area contributed by atoms with Gasteiger partial charge in [-0.2, -0.15) is 0 Å². The highest BCUT2D eigenvalue weighted by Crippen LogP contribution is 2.38. The molecule has 0 atom stereocenters. The molecule has 0 spiro atoms. The van der Waals surface area contributed by atoms with E-state index in [1.165, 1.54) is 17.8 Å². The van der Waals surface area contributed by atoms with E-state index in [1.807, 2.05) is 51.1 Å². The fourth-order valence-electron chi connectivity index (χ4n) is 5.41. The van der Waals surface area contributed by atoms with Crippen molar-refractivity contribution >= 4 is 38.9 Å². The van der Waals surface area contributed by atoms with Crippen LogP contribution < -0.4 is 4.74 Å². The fourth-order valence-corrected chi connectivity index (χ4v) is 6.87. The summed E-state index contributed by atoms with van der Waals surface area (Å²) < 4.78 is 7.09. The van der Waals surface area contributed by atoms with Crippen LogP contribution in [0.5, 0.6) is 5.75 Å². The van der Waals surface area contributed by atoms with Gasteiger partial charge >= 0.3 is 0 Å². The second-order valence-corrected chi connectivity index (χ2v) is 11.3. The van der Waals surface area contributed by atoms with Crippen molar-refractivity contribution in [2.75, 3.05) is 6.61 Å². The summed E-state index contributed by atoms with van der Waals surface area (Å²) in [6.07, 6.45) is 5.54. The lowest BCUT2D eigenvalue weighted by molar-refractivity contribution is 0.0617. The molecule has 0 N–H and O–H groups in total. The van der Waals surface area contributed by atoms with E-state index in [4.69, 9.17) is 16.3 Å². The molecule has 1 saturated carbocycles. The van der Waals surface area contributed by atoms with E-state index in [0.29, 0.717) is 23.1 Å². The van der Waals surface area contributed by atoms with Gasteiger partial charge in [-0.05, 0) is 75.1 Å². The SMILES string of the molecule is CCOc1ccc(-c2cc(C)nc(C)c2)cc1CN(C(=O)c1sc2ccccc2c1Cl)C1CCCCC1. The number of carbonyl (C=O) groups is 1. The zero-order chi connectivity index (χ0) is 25.9. The normalized spacial score (nSPS) is 14.2. The van der Waals surface area contributed by atoms with Crippen LogP contribution in [-0.4, -0.2) is 28.4 Å². The Hall–Kier alpha value is -2.89. The molecule has 2 aromatic carbocycles. The predicted octanol–water partition coefficient (Wildman–Crippen LogP) is 8.61. The molecule has 0 saturated heterocycles. The number of amides is 1. The number of ether oxygens (including phenoxy) is 1. The number of halogens is 1. The smallest absolute Gasteiger partial charge is 0.266 e. The number of hydrogen-bond donors (Lipinski definition) is 0. The van der Waals surface area contributed by atoms with Crippen molar-refractivity contribution in [1.29, 1.82) is 0 Å². The number of fused-ring (bicyclic) bond motifs is 1. The van der Waals surface area contributed by atoms with E-state index >= 15 is 0 Å². The molecule has 192 valence electrons. The monoisotopic (exact) mass is 532 g/mol. The average molecular weight is 533 g/mol. The number of pyridine rings is 1. The lowest BCUT2D eigenvalue weighted by atomic mass is 9.93. The van der Waals surface area contributed by atoms with Crippen molar-refractivity contribution in [2.24, 2.45) is 0 Å². The highest BCUT2D eigenvalue weighted by atomic mass is 35.5. The molecule has 4 nitrogen and oxygen atoms in total. The topological polar surface area (TPSA) is 42.4 Å². The van der Waals surface area contributed by atoms with Gasteiger partial charge in [0, 0.05) is 39.6 Å². The third-order valence-corrected chi connectivity index (χ3v) is 8.78. The maximum Gasteiger partial charge on any atom is 0.266 e. The Morgan fingerprint density at radius 2 is 1.76 bits per heavy atom. The molecule has 0 aliphatic heterocycles. The molecule has 1 aliphatic rings. The van der Waals surface area contributed by atoms with Crippen LogP contribution in [0.4, 0.5) is 0 Å². The van der Waals surface area contributed by atoms with Gasteiger partial charge in [0.2, 0.25) is 0 Å². The molecule has 2 aromatic heterocycles. The number of hydrogen-bond acceptors (Lipinski definition) is 4. The Bertz CT molecular complexity index is 1400. The summed E-state index contributed by atoms with van der Waals surface area (Å²) >= 11 is 8.28. The maximum absolute atomic E-state index is 14.2. The third-order valence-electron chi connectivity index (χ3n) is 7.12. The largest absolute Gasteiger partial charge is 0.494 e. The zero-order valence-electron chi connectivity index (χ0n) is 21.7. The Kier molecular flexibility index (Phi) is 7.82. The number of carbonyl (C=O) groups excluding carboxylic acids is 1. The van der Waals surface area contributed by atoms with E-state index in [9.17, 15) is 4.79 Å². The van der Waals surface area contributed by atoms with Crippen molar-refractivity contribution in [3.8, 4) is 16.9 Å². The molecule has 4 aromatic rings.